The van der Waals surface area contributed by atoms with Gasteiger partial charge in [0.1, 0.15) is 0 Å². The minimum absolute atomic E-state index is 0.126. The van der Waals surface area contributed by atoms with Crippen LogP contribution in [0.2, 0.25) is 0 Å². The maximum Gasteiger partial charge on any atom is 0.201 e. The van der Waals surface area contributed by atoms with Gasteiger partial charge < -0.3 is 0 Å². The van der Waals surface area contributed by atoms with Crippen LogP contribution < -0.4 is 0 Å². The average molecular weight is 226 g/mol. The zero-order valence-electron chi connectivity index (χ0n) is 11.5. The van der Waals surface area contributed by atoms with Gasteiger partial charge in [-0.3, -0.25) is 9.59 Å². The second-order valence-corrected chi connectivity index (χ2v) is 5.43. The topological polar surface area (TPSA) is 34.1 Å². The molecule has 2 nitrogen and oxygen atoms in total. The molecule has 0 aromatic carbocycles. The van der Waals surface area contributed by atoms with E-state index in [-0.39, 0.29) is 23.4 Å². The fraction of sp³-hybridized carbons (Fsp3) is 0.857. The van der Waals surface area contributed by atoms with Gasteiger partial charge in [-0.2, -0.15) is 0 Å². The summed E-state index contributed by atoms with van der Waals surface area (Å²) in [6.45, 7) is 12.0. The molecule has 0 aliphatic rings. The molecule has 0 N–H and O–H groups in total. The van der Waals surface area contributed by atoms with Crippen molar-refractivity contribution >= 4 is 11.6 Å². The molecule has 3 unspecified atom stereocenters. The Kier molecular flexibility index (Phi) is 6.54. The van der Waals surface area contributed by atoms with E-state index in [1.165, 1.54) is 0 Å². The summed E-state index contributed by atoms with van der Waals surface area (Å²) in [5, 5.41) is 0. The lowest BCUT2D eigenvalue weighted by Crippen LogP contribution is -2.31. The zero-order valence-corrected chi connectivity index (χ0v) is 11.5. The summed E-state index contributed by atoms with van der Waals surface area (Å²) < 4.78 is 0. The van der Waals surface area contributed by atoms with E-state index in [1.807, 2.05) is 20.8 Å². The van der Waals surface area contributed by atoms with Crippen LogP contribution in [0.1, 0.15) is 54.4 Å². The molecule has 0 saturated carbocycles. The molecule has 0 heterocycles. The van der Waals surface area contributed by atoms with Gasteiger partial charge in [0, 0.05) is 11.8 Å². The number of rotatable bonds is 7. The number of ketones is 2. The highest BCUT2D eigenvalue weighted by molar-refractivity contribution is 6.38. The van der Waals surface area contributed by atoms with Gasteiger partial charge in [-0.25, -0.2) is 0 Å². The lowest BCUT2D eigenvalue weighted by molar-refractivity contribution is -0.141. The first-order chi connectivity index (χ1) is 7.31. The van der Waals surface area contributed by atoms with Gasteiger partial charge in [-0.1, -0.05) is 48.0 Å². The molecular weight excluding hydrogens is 200 g/mol. The van der Waals surface area contributed by atoms with Gasteiger partial charge in [0.25, 0.3) is 0 Å². The summed E-state index contributed by atoms with van der Waals surface area (Å²) >= 11 is 0. The molecule has 0 radical (unpaired) electrons. The SMILES string of the molecule is CCC(C)C(C)C(=O)C(=O)C(C)CC(C)C. The van der Waals surface area contributed by atoms with Gasteiger partial charge in [0.05, 0.1) is 0 Å². The Morgan fingerprint density at radius 3 is 1.81 bits per heavy atom. The van der Waals surface area contributed by atoms with Crippen LogP contribution >= 0.6 is 0 Å². The van der Waals surface area contributed by atoms with E-state index < -0.39 is 0 Å². The molecule has 0 bridgehead atoms. The molecule has 0 aliphatic heterocycles. The monoisotopic (exact) mass is 226 g/mol. The maximum atomic E-state index is 11.9. The Labute approximate surface area is 99.8 Å². The van der Waals surface area contributed by atoms with E-state index in [4.69, 9.17) is 0 Å². The standard InChI is InChI=1S/C14H26O2/c1-7-10(4)12(6)14(16)13(15)11(5)8-9(2)3/h9-12H,7-8H2,1-6H3. The first-order valence-electron chi connectivity index (χ1n) is 6.39. The summed E-state index contributed by atoms with van der Waals surface area (Å²) in [7, 11) is 0. The highest BCUT2D eigenvalue weighted by Crippen LogP contribution is 2.20. The molecule has 0 aromatic heterocycles. The molecule has 0 aromatic rings. The van der Waals surface area contributed by atoms with Crippen molar-refractivity contribution in [3.63, 3.8) is 0 Å². The normalized spacial score (nSPS) is 16.9. The first kappa shape index (κ1) is 15.3. The summed E-state index contributed by atoms with van der Waals surface area (Å²) in [6, 6.07) is 0. The second kappa shape index (κ2) is 6.82. The smallest absolute Gasteiger partial charge is 0.201 e. The van der Waals surface area contributed by atoms with Crippen LogP contribution in [0.15, 0.2) is 0 Å². The van der Waals surface area contributed by atoms with Crippen molar-refractivity contribution < 1.29 is 9.59 Å². The van der Waals surface area contributed by atoms with E-state index >= 15 is 0 Å². The van der Waals surface area contributed by atoms with Gasteiger partial charge in [0.15, 0.2) is 0 Å². The maximum absolute atomic E-state index is 11.9. The summed E-state index contributed by atoms with van der Waals surface area (Å²) in [5.74, 6) is 0.142. The number of Topliss-reactive ketones (excluding diaryl/α,β-unsaturated/α-hetero) is 2. The van der Waals surface area contributed by atoms with Gasteiger partial charge in [-0.05, 0) is 18.3 Å². The fourth-order valence-corrected chi connectivity index (χ4v) is 1.89. The minimum Gasteiger partial charge on any atom is -0.291 e. The van der Waals surface area contributed by atoms with Crippen molar-refractivity contribution in [2.24, 2.45) is 23.7 Å². The van der Waals surface area contributed by atoms with Crippen molar-refractivity contribution in [1.82, 2.24) is 0 Å². The van der Waals surface area contributed by atoms with Crippen LogP contribution in [0.4, 0.5) is 0 Å². The van der Waals surface area contributed by atoms with Crippen LogP contribution in [-0.2, 0) is 9.59 Å². The van der Waals surface area contributed by atoms with Crippen LogP contribution in [0.25, 0.3) is 0 Å². The van der Waals surface area contributed by atoms with E-state index in [9.17, 15) is 9.59 Å². The number of carbonyl (C=O) groups is 2. The summed E-state index contributed by atoms with van der Waals surface area (Å²) in [6.07, 6.45) is 1.75. The molecule has 94 valence electrons. The quantitative estimate of drug-likeness (QED) is 0.623. The Morgan fingerprint density at radius 1 is 0.938 bits per heavy atom. The molecule has 0 saturated heterocycles. The minimum atomic E-state index is -0.179. The van der Waals surface area contributed by atoms with E-state index in [0.29, 0.717) is 11.8 Å². The molecule has 0 spiro atoms. The number of hydrogen-bond acceptors (Lipinski definition) is 2. The van der Waals surface area contributed by atoms with Crippen molar-refractivity contribution in [1.29, 1.82) is 0 Å². The number of carbonyl (C=O) groups excluding carboxylic acids is 2. The third kappa shape index (κ3) is 4.46. The molecular formula is C14H26O2. The van der Waals surface area contributed by atoms with E-state index in [0.717, 1.165) is 12.8 Å². The largest absolute Gasteiger partial charge is 0.291 e. The highest BCUT2D eigenvalue weighted by Gasteiger charge is 2.28. The van der Waals surface area contributed by atoms with Crippen LogP contribution in [0.5, 0.6) is 0 Å². The summed E-state index contributed by atoms with van der Waals surface area (Å²) in [4.78, 5) is 23.8. The third-order valence-electron chi connectivity index (χ3n) is 3.43. The van der Waals surface area contributed by atoms with Crippen molar-refractivity contribution in [2.75, 3.05) is 0 Å². The first-order valence-corrected chi connectivity index (χ1v) is 6.39. The molecule has 2 heteroatoms. The van der Waals surface area contributed by atoms with Crippen LogP contribution in [0.3, 0.4) is 0 Å². The lowest BCUT2D eigenvalue weighted by atomic mass is 9.83. The zero-order chi connectivity index (χ0) is 12.9. The molecule has 0 aliphatic carbocycles. The fourth-order valence-electron chi connectivity index (χ4n) is 1.89. The Bertz CT molecular complexity index is 243. The molecule has 3 atom stereocenters. The van der Waals surface area contributed by atoms with Crippen molar-refractivity contribution in [3.8, 4) is 0 Å². The highest BCUT2D eigenvalue weighted by atomic mass is 16.2. The molecule has 16 heavy (non-hydrogen) atoms. The van der Waals surface area contributed by atoms with Crippen molar-refractivity contribution in [2.45, 2.75) is 54.4 Å². The summed E-state index contributed by atoms with van der Waals surface area (Å²) in [5.41, 5.74) is 0. The number of hydrogen-bond donors (Lipinski definition) is 0. The molecule has 0 fully saturated rings. The predicted molar refractivity (Wildman–Crippen MR) is 67.3 cm³/mol. The molecule has 0 amide bonds. The average Bonchev–Trinajstić information content (AvgIpc) is 2.23. The van der Waals surface area contributed by atoms with Gasteiger partial charge in [0.2, 0.25) is 11.6 Å². The second-order valence-electron chi connectivity index (χ2n) is 5.43. The van der Waals surface area contributed by atoms with Gasteiger partial charge in [-0.15, -0.1) is 0 Å². The van der Waals surface area contributed by atoms with E-state index in [1.54, 1.807) is 0 Å². The third-order valence-corrected chi connectivity index (χ3v) is 3.43. The Balaban J connectivity index is 4.43. The molecule has 0 rings (SSSR count). The Morgan fingerprint density at radius 2 is 1.44 bits per heavy atom. The van der Waals surface area contributed by atoms with Gasteiger partial charge >= 0.3 is 0 Å². The Hall–Kier alpha value is -0.660. The van der Waals surface area contributed by atoms with Crippen LogP contribution in [0, 0.1) is 23.7 Å². The van der Waals surface area contributed by atoms with Crippen molar-refractivity contribution in [3.05, 3.63) is 0 Å². The predicted octanol–water partition coefficient (Wildman–Crippen LogP) is 3.49. The lowest BCUT2D eigenvalue weighted by Gasteiger charge is -2.19. The van der Waals surface area contributed by atoms with Crippen LogP contribution in [-0.4, -0.2) is 11.6 Å². The van der Waals surface area contributed by atoms with E-state index in [2.05, 4.69) is 20.8 Å².